The summed E-state index contributed by atoms with van der Waals surface area (Å²) in [5, 5.41) is 3.09. The molecule has 0 heterocycles. The number of halogens is 2. The zero-order chi connectivity index (χ0) is 15.2. The Morgan fingerprint density at radius 1 is 1.19 bits per heavy atom. The van der Waals surface area contributed by atoms with Crippen LogP contribution in [0.15, 0.2) is 54.6 Å². The molecule has 1 atom stereocenters. The van der Waals surface area contributed by atoms with Crippen LogP contribution in [0.1, 0.15) is 24.1 Å². The van der Waals surface area contributed by atoms with E-state index in [1.165, 1.54) is 24.3 Å². The fraction of sp³-hybridized carbons (Fsp3) is 0.118. The van der Waals surface area contributed by atoms with Crippen molar-refractivity contribution in [2.24, 2.45) is 0 Å². The fourth-order valence-electron chi connectivity index (χ4n) is 1.92. The first-order chi connectivity index (χ1) is 10.1. The summed E-state index contributed by atoms with van der Waals surface area (Å²) < 4.78 is 13.6. The number of hydrogen-bond donors (Lipinski definition) is 1. The molecule has 2 aromatic carbocycles. The van der Waals surface area contributed by atoms with Crippen LogP contribution in [0.25, 0.3) is 6.08 Å². The Morgan fingerprint density at radius 3 is 2.57 bits per heavy atom. The molecule has 0 unspecified atom stereocenters. The fourth-order valence-corrected chi connectivity index (χ4v) is 2.14. The predicted octanol–water partition coefficient (Wildman–Crippen LogP) is 4.37. The van der Waals surface area contributed by atoms with Crippen LogP contribution in [-0.4, -0.2) is 5.91 Å². The van der Waals surface area contributed by atoms with Crippen LogP contribution in [-0.2, 0) is 4.79 Å². The van der Waals surface area contributed by atoms with E-state index in [0.29, 0.717) is 0 Å². The maximum atomic E-state index is 13.6. The van der Waals surface area contributed by atoms with Crippen LogP contribution in [0.3, 0.4) is 0 Å². The molecule has 1 amide bonds. The molecule has 1 N–H and O–H groups in total. The van der Waals surface area contributed by atoms with Gasteiger partial charge in [0.1, 0.15) is 5.82 Å². The van der Waals surface area contributed by atoms with Crippen molar-refractivity contribution in [1.82, 2.24) is 5.32 Å². The zero-order valence-corrected chi connectivity index (χ0v) is 12.3. The average Bonchev–Trinajstić information content (AvgIpc) is 2.47. The molecule has 0 aliphatic rings. The van der Waals surface area contributed by atoms with Crippen LogP contribution in [0.5, 0.6) is 0 Å². The largest absolute Gasteiger partial charge is 0.346 e. The van der Waals surface area contributed by atoms with E-state index in [-0.39, 0.29) is 22.5 Å². The minimum Gasteiger partial charge on any atom is -0.346 e. The maximum absolute atomic E-state index is 13.6. The topological polar surface area (TPSA) is 29.1 Å². The van der Waals surface area contributed by atoms with E-state index in [1.807, 2.05) is 37.3 Å². The third-order valence-electron chi connectivity index (χ3n) is 3.06. The van der Waals surface area contributed by atoms with Gasteiger partial charge in [-0.25, -0.2) is 4.39 Å². The monoisotopic (exact) mass is 303 g/mol. The van der Waals surface area contributed by atoms with Crippen molar-refractivity contribution in [3.63, 3.8) is 0 Å². The average molecular weight is 304 g/mol. The summed E-state index contributed by atoms with van der Waals surface area (Å²) >= 11 is 5.89. The molecule has 0 saturated carbocycles. The number of rotatable bonds is 4. The molecule has 108 valence electrons. The number of amides is 1. The second-order valence-corrected chi connectivity index (χ2v) is 5.02. The molecule has 0 radical (unpaired) electrons. The van der Waals surface area contributed by atoms with Gasteiger partial charge in [-0.3, -0.25) is 4.79 Å². The van der Waals surface area contributed by atoms with E-state index in [2.05, 4.69) is 5.32 Å². The highest BCUT2D eigenvalue weighted by atomic mass is 35.5. The molecule has 2 rings (SSSR count). The lowest BCUT2D eigenvalue weighted by atomic mass is 10.1. The smallest absolute Gasteiger partial charge is 0.244 e. The van der Waals surface area contributed by atoms with Gasteiger partial charge in [-0.05, 0) is 30.7 Å². The lowest BCUT2D eigenvalue weighted by molar-refractivity contribution is -0.117. The van der Waals surface area contributed by atoms with Crippen molar-refractivity contribution in [3.8, 4) is 0 Å². The predicted molar refractivity (Wildman–Crippen MR) is 83.4 cm³/mol. The summed E-state index contributed by atoms with van der Waals surface area (Å²) in [5.74, 6) is -0.756. The first-order valence-electron chi connectivity index (χ1n) is 6.55. The van der Waals surface area contributed by atoms with Crippen LogP contribution >= 0.6 is 11.6 Å². The van der Waals surface area contributed by atoms with Crippen molar-refractivity contribution in [2.45, 2.75) is 13.0 Å². The first kappa shape index (κ1) is 15.3. The highest BCUT2D eigenvalue weighted by molar-refractivity contribution is 6.32. The van der Waals surface area contributed by atoms with Gasteiger partial charge in [0.2, 0.25) is 5.91 Å². The molecule has 0 aliphatic carbocycles. The molecule has 0 bridgehead atoms. The summed E-state index contributed by atoms with van der Waals surface area (Å²) in [5.41, 5.74) is 1.21. The molecule has 21 heavy (non-hydrogen) atoms. The molecular formula is C17H15ClFNO. The molecule has 0 saturated heterocycles. The van der Waals surface area contributed by atoms with Gasteiger partial charge >= 0.3 is 0 Å². The van der Waals surface area contributed by atoms with Crippen LogP contribution in [0.4, 0.5) is 4.39 Å². The molecule has 0 fully saturated rings. The SMILES string of the molecule is C[C@H](NC(=O)/C=C/c1c(F)cccc1Cl)c1ccccc1. The number of carbonyl (C=O) groups excluding carboxylic acids is 1. The van der Waals surface area contributed by atoms with Crippen LogP contribution in [0.2, 0.25) is 5.02 Å². The van der Waals surface area contributed by atoms with Gasteiger partial charge in [0, 0.05) is 11.6 Å². The van der Waals surface area contributed by atoms with Gasteiger partial charge in [0.15, 0.2) is 0 Å². The molecule has 0 aliphatic heterocycles. The maximum Gasteiger partial charge on any atom is 0.244 e. The summed E-state index contributed by atoms with van der Waals surface area (Å²) in [6, 6.07) is 13.9. The number of benzene rings is 2. The Labute approximate surface area is 128 Å². The van der Waals surface area contributed by atoms with Gasteiger partial charge < -0.3 is 5.32 Å². The first-order valence-corrected chi connectivity index (χ1v) is 6.93. The van der Waals surface area contributed by atoms with E-state index in [9.17, 15) is 9.18 Å². The Kier molecular flexibility index (Phi) is 5.12. The summed E-state index contributed by atoms with van der Waals surface area (Å²) in [7, 11) is 0. The van der Waals surface area contributed by atoms with E-state index in [0.717, 1.165) is 5.56 Å². The lowest BCUT2D eigenvalue weighted by Crippen LogP contribution is -2.24. The summed E-state index contributed by atoms with van der Waals surface area (Å²) in [4.78, 5) is 11.9. The third kappa shape index (κ3) is 4.17. The van der Waals surface area contributed by atoms with Gasteiger partial charge in [0.05, 0.1) is 11.1 Å². The minimum atomic E-state index is -0.456. The van der Waals surface area contributed by atoms with Crippen molar-refractivity contribution in [2.75, 3.05) is 0 Å². The van der Waals surface area contributed by atoms with Crippen molar-refractivity contribution in [1.29, 1.82) is 0 Å². The van der Waals surface area contributed by atoms with E-state index in [1.54, 1.807) is 6.07 Å². The summed E-state index contributed by atoms with van der Waals surface area (Å²) in [6.07, 6.45) is 2.66. The van der Waals surface area contributed by atoms with E-state index < -0.39 is 5.82 Å². The van der Waals surface area contributed by atoms with Gasteiger partial charge in [-0.2, -0.15) is 0 Å². The van der Waals surface area contributed by atoms with E-state index >= 15 is 0 Å². The molecule has 0 aromatic heterocycles. The lowest BCUT2D eigenvalue weighted by Gasteiger charge is -2.12. The van der Waals surface area contributed by atoms with E-state index in [4.69, 9.17) is 11.6 Å². The van der Waals surface area contributed by atoms with Gasteiger partial charge in [0.25, 0.3) is 0 Å². The highest BCUT2D eigenvalue weighted by Crippen LogP contribution is 2.20. The normalized spacial score (nSPS) is 12.3. The van der Waals surface area contributed by atoms with Crippen LogP contribution < -0.4 is 5.32 Å². The third-order valence-corrected chi connectivity index (χ3v) is 3.39. The van der Waals surface area contributed by atoms with Gasteiger partial charge in [-0.15, -0.1) is 0 Å². The van der Waals surface area contributed by atoms with Crippen molar-refractivity contribution >= 4 is 23.6 Å². The Bertz CT molecular complexity index is 635. The highest BCUT2D eigenvalue weighted by Gasteiger charge is 2.08. The number of nitrogens with one attached hydrogen (secondary N) is 1. The standard InChI is InChI=1S/C17H15ClFNO/c1-12(13-6-3-2-4-7-13)20-17(21)11-10-14-15(18)8-5-9-16(14)19/h2-12H,1H3,(H,20,21)/b11-10+/t12-/m0/s1. The quantitative estimate of drug-likeness (QED) is 0.835. The Hall–Kier alpha value is -2.13. The molecule has 0 spiro atoms. The molecular weight excluding hydrogens is 289 g/mol. The Balaban J connectivity index is 2.03. The number of carbonyl (C=O) groups is 1. The minimum absolute atomic E-state index is 0.126. The molecule has 2 aromatic rings. The molecule has 2 nitrogen and oxygen atoms in total. The zero-order valence-electron chi connectivity index (χ0n) is 11.5. The van der Waals surface area contributed by atoms with Crippen LogP contribution in [0, 0.1) is 5.82 Å². The van der Waals surface area contributed by atoms with Gasteiger partial charge in [-0.1, -0.05) is 48.0 Å². The number of hydrogen-bond acceptors (Lipinski definition) is 1. The Morgan fingerprint density at radius 2 is 1.90 bits per heavy atom. The van der Waals surface area contributed by atoms with Crippen molar-refractivity contribution in [3.05, 3.63) is 76.6 Å². The second kappa shape index (κ2) is 7.04. The summed E-state index contributed by atoms with van der Waals surface area (Å²) in [6.45, 7) is 1.89. The second-order valence-electron chi connectivity index (χ2n) is 4.61. The van der Waals surface area contributed by atoms with Crippen molar-refractivity contribution < 1.29 is 9.18 Å². The molecule has 4 heteroatoms.